The van der Waals surface area contributed by atoms with E-state index in [1.165, 1.54) is 37.1 Å². The van der Waals surface area contributed by atoms with Crippen LogP contribution in [-0.4, -0.2) is 26.3 Å². The number of rotatable bonds is 3. The summed E-state index contributed by atoms with van der Waals surface area (Å²) in [6, 6.07) is 17.3. The normalized spacial score (nSPS) is 19.3. The lowest BCUT2D eigenvalue weighted by Crippen LogP contribution is -2.37. The van der Waals surface area contributed by atoms with Crippen molar-refractivity contribution in [3.8, 4) is 0 Å². The molecule has 0 radical (unpaired) electrons. The van der Waals surface area contributed by atoms with Gasteiger partial charge in [-0.3, -0.25) is 5.32 Å². The van der Waals surface area contributed by atoms with Crippen LogP contribution in [0.15, 0.2) is 60.7 Å². The highest BCUT2D eigenvalue weighted by Gasteiger charge is 2.35. The second-order valence-electron chi connectivity index (χ2n) is 8.39. The number of ether oxygens (including phenoxy) is 1. The van der Waals surface area contributed by atoms with E-state index in [0.717, 1.165) is 48.2 Å². The Balaban J connectivity index is 1.66. The highest BCUT2D eigenvalue weighted by atomic mass is 19.1. The Kier molecular flexibility index (Phi) is 5.29. The third-order valence-corrected chi connectivity index (χ3v) is 6.59. The maximum atomic E-state index is 13.6. The summed E-state index contributed by atoms with van der Waals surface area (Å²) in [6.45, 7) is 1.81. The predicted molar refractivity (Wildman–Crippen MR) is 120 cm³/mol. The number of methoxy groups -OCH3 is 1. The minimum Gasteiger partial charge on any atom is -0.453 e. The molecule has 2 atom stereocenters. The number of nitrogens with one attached hydrogen (secondary N) is 1. The van der Waals surface area contributed by atoms with Gasteiger partial charge in [0.2, 0.25) is 0 Å². The topological polar surface area (TPSA) is 41.6 Å². The van der Waals surface area contributed by atoms with Crippen molar-refractivity contribution in [2.45, 2.75) is 24.7 Å². The van der Waals surface area contributed by atoms with E-state index < -0.39 is 6.09 Å². The molecule has 2 aliphatic heterocycles. The predicted octanol–water partition coefficient (Wildman–Crippen LogP) is 6.02. The van der Waals surface area contributed by atoms with Crippen LogP contribution in [0.4, 0.5) is 25.0 Å². The van der Waals surface area contributed by atoms with Crippen LogP contribution in [0.5, 0.6) is 0 Å². The van der Waals surface area contributed by atoms with Gasteiger partial charge in [0.05, 0.1) is 7.11 Å². The molecule has 0 saturated heterocycles. The summed E-state index contributed by atoms with van der Waals surface area (Å²) < 4.78 is 31.9. The smallest absolute Gasteiger partial charge is 0.411 e. The quantitative estimate of drug-likeness (QED) is 0.548. The summed E-state index contributed by atoms with van der Waals surface area (Å²) in [7, 11) is 1.34. The third-order valence-electron chi connectivity index (χ3n) is 6.59. The van der Waals surface area contributed by atoms with Crippen LogP contribution in [-0.2, 0) is 4.74 Å². The molecule has 2 aliphatic rings. The molecule has 164 valence electrons. The van der Waals surface area contributed by atoms with Crippen LogP contribution in [0.1, 0.15) is 46.9 Å². The molecule has 5 rings (SSSR count). The van der Waals surface area contributed by atoms with Gasteiger partial charge in [0, 0.05) is 36.3 Å². The maximum Gasteiger partial charge on any atom is 0.411 e. The first-order chi connectivity index (χ1) is 15.5. The largest absolute Gasteiger partial charge is 0.453 e. The molecule has 0 saturated carbocycles. The monoisotopic (exact) mass is 434 g/mol. The lowest BCUT2D eigenvalue weighted by molar-refractivity contribution is 0.187. The number of halogens is 2. The first-order valence-corrected chi connectivity index (χ1v) is 10.8. The zero-order valence-electron chi connectivity index (χ0n) is 17.8. The Morgan fingerprint density at radius 1 is 0.875 bits per heavy atom. The minimum atomic E-state index is -0.530. The number of nitrogens with zero attached hydrogens (tertiary/aromatic N) is 1. The highest BCUT2D eigenvalue weighted by molar-refractivity contribution is 5.86. The van der Waals surface area contributed by atoms with E-state index in [1.54, 1.807) is 0 Å². The second kappa shape index (κ2) is 8.26. The van der Waals surface area contributed by atoms with Crippen LogP contribution < -0.4 is 10.2 Å². The Labute approximate surface area is 185 Å². The Hall–Kier alpha value is -3.41. The fourth-order valence-electron chi connectivity index (χ4n) is 5.12. The van der Waals surface area contributed by atoms with E-state index in [4.69, 9.17) is 4.74 Å². The van der Waals surface area contributed by atoms with Crippen molar-refractivity contribution >= 4 is 17.5 Å². The van der Waals surface area contributed by atoms with E-state index in [-0.39, 0.29) is 23.5 Å². The molecule has 2 unspecified atom stereocenters. The number of amides is 1. The van der Waals surface area contributed by atoms with Crippen molar-refractivity contribution < 1.29 is 18.3 Å². The number of hydrogen-bond acceptors (Lipinski definition) is 3. The maximum absolute atomic E-state index is 13.6. The molecule has 3 aromatic rings. The van der Waals surface area contributed by atoms with Gasteiger partial charge in [-0.25, -0.2) is 13.6 Å². The molecule has 3 aromatic carbocycles. The van der Waals surface area contributed by atoms with E-state index in [9.17, 15) is 13.6 Å². The molecule has 0 spiro atoms. The summed E-state index contributed by atoms with van der Waals surface area (Å²) in [5.41, 5.74) is 6.15. The van der Waals surface area contributed by atoms with Crippen molar-refractivity contribution in [1.82, 2.24) is 0 Å². The number of carbonyl (C=O) groups excluding carboxylic acids is 1. The Morgan fingerprint density at radius 2 is 1.34 bits per heavy atom. The van der Waals surface area contributed by atoms with E-state index in [0.29, 0.717) is 5.69 Å². The molecule has 1 amide bonds. The Morgan fingerprint density at radius 3 is 1.78 bits per heavy atom. The zero-order chi connectivity index (χ0) is 22.2. The van der Waals surface area contributed by atoms with Crippen molar-refractivity contribution in [3.63, 3.8) is 0 Å². The van der Waals surface area contributed by atoms with Crippen LogP contribution >= 0.6 is 0 Å². The van der Waals surface area contributed by atoms with Gasteiger partial charge in [0.1, 0.15) is 11.6 Å². The van der Waals surface area contributed by atoms with Crippen LogP contribution in [0.3, 0.4) is 0 Å². The minimum absolute atomic E-state index is 0.0898. The van der Waals surface area contributed by atoms with Gasteiger partial charge in [-0.05, 0) is 71.5 Å². The van der Waals surface area contributed by atoms with Crippen molar-refractivity contribution in [1.29, 1.82) is 0 Å². The summed E-state index contributed by atoms with van der Waals surface area (Å²) in [4.78, 5) is 14.4. The van der Waals surface area contributed by atoms with Gasteiger partial charge in [-0.2, -0.15) is 0 Å². The zero-order valence-corrected chi connectivity index (χ0v) is 17.8. The lowest BCUT2D eigenvalue weighted by Gasteiger charge is -2.43. The molecule has 2 heterocycles. The first kappa shape index (κ1) is 20.5. The molecule has 1 N–H and O–H groups in total. The average molecular weight is 434 g/mol. The molecule has 0 fully saturated rings. The molecule has 4 nitrogen and oxygen atoms in total. The standard InChI is InChI=1S/C26H24F2N2O2/c1-32-26(31)29-20-14-23-21(16-2-6-18(27)7-3-16)10-12-30-13-11-22(24(15-20)25(23)30)17-4-8-19(28)9-5-17/h2-9,14-15,21-22H,10-13H2,1H3,(H,29,31). The Bertz CT molecular complexity index is 1070. The van der Waals surface area contributed by atoms with Crippen LogP contribution in [0, 0.1) is 11.6 Å². The van der Waals surface area contributed by atoms with Gasteiger partial charge in [0.25, 0.3) is 0 Å². The summed E-state index contributed by atoms with van der Waals surface area (Å²) in [5.74, 6) is -0.338. The van der Waals surface area contributed by atoms with Crippen molar-refractivity contribution in [2.24, 2.45) is 0 Å². The molecular formula is C26H24F2N2O2. The average Bonchev–Trinajstić information content (AvgIpc) is 2.81. The molecule has 0 aliphatic carbocycles. The molecule has 0 aromatic heterocycles. The van der Waals surface area contributed by atoms with Gasteiger partial charge in [-0.15, -0.1) is 0 Å². The fraction of sp³-hybridized carbons (Fsp3) is 0.269. The van der Waals surface area contributed by atoms with Gasteiger partial charge in [0.15, 0.2) is 0 Å². The second-order valence-corrected chi connectivity index (χ2v) is 8.39. The third kappa shape index (κ3) is 3.70. The van der Waals surface area contributed by atoms with E-state index in [1.807, 2.05) is 36.4 Å². The van der Waals surface area contributed by atoms with Crippen LogP contribution in [0.2, 0.25) is 0 Å². The molecular weight excluding hydrogens is 410 g/mol. The van der Waals surface area contributed by atoms with Gasteiger partial charge in [-0.1, -0.05) is 24.3 Å². The first-order valence-electron chi connectivity index (χ1n) is 10.8. The molecule has 6 heteroatoms. The lowest BCUT2D eigenvalue weighted by atomic mass is 9.76. The number of carbonyl (C=O) groups is 1. The SMILES string of the molecule is COC(=O)Nc1cc2c3c(c1)C(c1ccc(F)cc1)CCN3CCC2c1ccc(F)cc1. The fourth-order valence-corrected chi connectivity index (χ4v) is 5.12. The van der Waals surface area contributed by atoms with Crippen molar-refractivity contribution in [3.05, 3.63) is 94.6 Å². The van der Waals surface area contributed by atoms with Crippen LogP contribution in [0.25, 0.3) is 0 Å². The molecule has 32 heavy (non-hydrogen) atoms. The van der Waals surface area contributed by atoms with E-state index >= 15 is 0 Å². The van der Waals surface area contributed by atoms with Crippen molar-refractivity contribution in [2.75, 3.05) is 30.4 Å². The van der Waals surface area contributed by atoms with Gasteiger partial charge < -0.3 is 9.64 Å². The number of hydrogen-bond donors (Lipinski definition) is 1. The van der Waals surface area contributed by atoms with E-state index in [2.05, 4.69) is 10.2 Å². The number of anilines is 2. The summed E-state index contributed by atoms with van der Waals surface area (Å²) in [6.07, 6.45) is 1.28. The van der Waals surface area contributed by atoms with Gasteiger partial charge >= 0.3 is 6.09 Å². The summed E-state index contributed by atoms with van der Waals surface area (Å²) >= 11 is 0. The highest BCUT2D eigenvalue weighted by Crippen LogP contribution is 2.49. The number of benzene rings is 3. The molecule has 0 bridgehead atoms. The summed E-state index contributed by atoms with van der Waals surface area (Å²) in [5, 5.41) is 2.82.